The molecule has 0 atom stereocenters. The molecule has 1 aromatic carbocycles. The maximum Gasteiger partial charge on any atom is 0.255 e. The number of carbonyl (C=O) groups is 1. The van der Waals surface area contributed by atoms with E-state index in [9.17, 15) is 4.79 Å². The van der Waals surface area contributed by atoms with Crippen LogP contribution < -0.4 is 11.1 Å². The van der Waals surface area contributed by atoms with Gasteiger partial charge in [-0.1, -0.05) is 23.7 Å². The van der Waals surface area contributed by atoms with Crippen molar-refractivity contribution in [2.45, 2.75) is 0 Å². The van der Waals surface area contributed by atoms with E-state index in [1.54, 1.807) is 24.3 Å². The van der Waals surface area contributed by atoms with Gasteiger partial charge in [-0.05, 0) is 24.3 Å². The highest BCUT2D eigenvalue weighted by molar-refractivity contribution is 6.30. The summed E-state index contributed by atoms with van der Waals surface area (Å²) in [6.07, 6.45) is 0. The Balaban J connectivity index is 2.29. The van der Waals surface area contributed by atoms with Crippen LogP contribution in [0.4, 0.5) is 11.5 Å². The van der Waals surface area contributed by atoms with Crippen molar-refractivity contribution in [3.8, 4) is 6.07 Å². The van der Waals surface area contributed by atoms with Gasteiger partial charge in [-0.25, -0.2) is 4.98 Å². The van der Waals surface area contributed by atoms with Crippen LogP contribution in [0, 0.1) is 11.3 Å². The predicted octanol–water partition coefficient (Wildman–Crippen LogP) is 2.44. The van der Waals surface area contributed by atoms with Gasteiger partial charge < -0.3 is 11.1 Å². The molecule has 1 amide bonds. The fourth-order valence-electron chi connectivity index (χ4n) is 1.53. The van der Waals surface area contributed by atoms with Crippen LogP contribution in [0.5, 0.6) is 0 Å². The summed E-state index contributed by atoms with van der Waals surface area (Å²) in [5.41, 5.74) is 6.61. The Morgan fingerprint density at radius 3 is 2.79 bits per heavy atom. The van der Waals surface area contributed by atoms with Crippen molar-refractivity contribution < 1.29 is 4.79 Å². The second-order valence-corrected chi connectivity index (χ2v) is 4.10. The van der Waals surface area contributed by atoms with Crippen LogP contribution in [-0.2, 0) is 0 Å². The number of amides is 1. The first-order valence-electron chi connectivity index (χ1n) is 5.33. The number of nitrogens with zero attached hydrogens (tertiary/aromatic N) is 2. The second kappa shape index (κ2) is 5.38. The molecule has 0 aliphatic rings. The van der Waals surface area contributed by atoms with Gasteiger partial charge in [-0.3, -0.25) is 4.79 Å². The normalized spacial score (nSPS) is 9.68. The first kappa shape index (κ1) is 12.9. The average Bonchev–Trinajstić information content (AvgIpc) is 2.38. The van der Waals surface area contributed by atoms with Gasteiger partial charge in [-0.2, -0.15) is 5.26 Å². The minimum absolute atomic E-state index is 0.138. The highest BCUT2D eigenvalue weighted by atomic mass is 35.5. The first-order chi connectivity index (χ1) is 9.10. The Hall–Kier alpha value is -2.58. The fraction of sp³-hybridized carbons (Fsp3) is 0. The Morgan fingerprint density at radius 2 is 2.11 bits per heavy atom. The summed E-state index contributed by atoms with van der Waals surface area (Å²) in [7, 11) is 0. The molecule has 6 heteroatoms. The lowest BCUT2D eigenvalue weighted by Crippen LogP contribution is -2.13. The quantitative estimate of drug-likeness (QED) is 0.821. The molecule has 94 valence electrons. The number of nitriles is 1. The highest BCUT2D eigenvalue weighted by Gasteiger charge is 2.10. The largest absolute Gasteiger partial charge is 0.384 e. The van der Waals surface area contributed by atoms with E-state index in [2.05, 4.69) is 10.3 Å². The van der Waals surface area contributed by atoms with E-state index in [0.717, 1.165) is 0 Å². The molecule has 0 aliphatic carbocycles. The summed E-state index contributed by atoms with van der Waals surface area (Å²) in [5.74, 6) is -0.245. The monoisotopic (exact) mass is 272 g/mol. The summed E-state index contributed by atoms with van der Waals surface area (Å²) < 4.78 is 0. The molecular weight excluding hydrogens is 264 g/mol. The third-order valence-electron chi connectivity index (χ3n) is 2.37. The number of aromatic nitrogens is 1. The minimum atomic E-state index is -0.404. The number of nitrogen functional groups attached to an aromatic ring is 1. The fourth-order valence-corrected chi connectivity index (χ4v) is 1.75. The molecule has 0 aliphatic heterocycles. The van der Waals surface area contributed by atoms with Crippen LogP contribution in [0.25, 0.3) is 0 Å². The molecule has 0 spiro atoms. The van der Waals surface area contributed by atoms with Gasteiger partial charge in [0.25, 0.3) is 5.91 Å². The van der Waals surface area contributed by atoms with Gasteiger partial charge in [-0.15, -0.1) is 0 Å². The predicted molar refractivity (Wildman–Crippen MR) is 72.8 cm³/mol. The van der Waals surface area contributed by atoms with Gasteiger partial charge in [0.1, 0.15) is 17.0 Å². The molecule has 19 heavy (non-hydrogen) atoms. The molecular formula is C13H9ClN4O. The first-order valence-corrected chi connectivity index (χ1v) is 5.71. The summed E-state index contributed by atoms with van der Waals surface area (Å²) in [5, 5.41) is 11.7. The van der Waals surface area contributed by atoms with E-state index in [-0.39, 0.29) is 16.5 Å². The zero-order chi connectivity index (χ0) is 13.8. The summed E-state index contributed by atoms with van der Waals surface area (Å²) in [4.78, 5) is 15.8. The molecule has 0 saturated carbocycles. The number of carbonyl (C=O) groups excluding carboxylic acids is 1. The van der Waals surface area contributed by atoms with E-state index in [1.165, 1.54) is 12.1 Å². The van der Waals surface area contributed by atoms with Gasteiger partial charge >= 0.3 is 0 Å². The summed E-state index contributed by atoms with van der Waals surface area (Å²) in [6, 6.07) is 11.5. The molecule has 2 rings (SSSR count). The number of benzene rings is 1. The van der Waals surface area contributed by atoms with Crippen LogP contribution in [0.1, 0.15) is 15.9 Å². The maximum absolute atomic E-state index is 12.0. The number of anilines is 2. The van der Waals surface area contributed by atoms with E-state index in [4.69, 9.17) is 22.6 Å². The van der Waals surface area contributed by atoms with Gasteiger partial charge in [0, 0.05) is 5.56 Å². The number of halogens is 1. The second-order valence-electron chi connectivity index (χ2n) is 3.71. The minimum Gasteiger partial charge on any atom is -0.384 e. The third kappa shape index (κ3) is 3.00. The number of pyridine rings is 1. The third-order valence-corrected chi connectivity index (χ3v) is 2.57. The van der Waals surface area contributed by atoms with Crippen molar-refractivity contribution >= 4 is 29.0 Å². The Bertz CT molecular complexity index is 658. The molecule has 1 aromatic heterocycles. The van der Waals surface area contributed by atoms with Gasteiger partial charge in [0.15, 0.2) is 0 Å². The molecule has 0 bridgehead atoms. The van der Waals surface area contributed by atoms with E-state index in [1.807, 2.05) is 6.07 Å². The van der Waals surface area contributed by atoms with Gasteiger partial charge in [0.05, 0.1) is 11.3 Å². The lowest BCUT2D eigenvalue weighted by molar-refractivity contribution is 0.102. The van der Waals surface area contributed by atoms with Crippen molar-refractivity contribution in [3.63, 3.8) is 0 Å². The number of para-hydroxylation sites is 1. The van der Waals surface area contributed by atoms with Crippen LogP contribution >= 0.6 is 11.6 Å². The molecule has 0 fully saturated rings. The van der Waals surface area contributed by atoms with Crippen molar-refractivity contribution in [1.82, 2.24) is 4.98 Å². The van der Waals surface area contributed by atoms with Crippen molar-refractivity contribution in [1.29, 1.82) is 5.26 Å². The van der Waals surface area contributed by atoms with Crippen LogP contribution in [0.15, 0.2) is 36.4 Å². The lowest BCUT2D eigenvalue weighted by atomic mass is 10.2. The average molecular weight is 273 g/mol. The van der Waals surface area contributed by atoms with Crippen molar-refractivity contribution in [2.75, 3.05) is 11.1 Å². The molecule has 2 aromatic rings. The number of nitrogens with one attached hydrogen (secondary N) is 1. The topological polar surface area (TPSA) is 91.8 Å². The van der Waals surface area contributed by atoms with Crippen LogP contribution in [0.2, 0.25) is 5.15 Å². The van der Waals surface area contributed by atoms with Gasteiger partial charge in [0.2, 0.25) is 0 Å². The Morgan fingerprint density at radius 1 is 1.37 bits per heavy atom. The van der Waals surface area contributed by atoms with E-state index < -0.39 is 5.91 Å². The highest BCUT2D eigenvalue weighted by Crippen LogP contribution is 2.17. The standard InChI is InChI=1S/C13H9ClN4O/c14-11-5-9(6-12(16)18-11)13(19)17-10-4-2-1-3-8(10)7-15/h1-6H,(H2,16,18)(H,17,19). The number of hydrogen-bond donors (Lipinski definition) is 2. The van der Waals surface area contributed by atoms with Crippen molar-refractivity contribution in [3.05, 3.63) is 52.7 Å². The number of nitrogens with two attached hydrogens (primary N) is 1. The molecule has 0 saturated heterocycles. The molecule has 0 unspecified atom stereocenters. The van der Waals surface area contributed by atoms with Crippen molar-refractivity contribution in [2.24, 2.45) is 0 Å². The zero-order valence-electron chi connectivity index (χ0n) is 9.72. The smallest absolute Gasteiger partial charge is 0.255 e. The SMILES string of the molecule is N#Cc1ccccc1NC(=O)c1cc(N)nc(Cl)c1. The summed E-state index contributed by atoms with van der Waals surface area (Å²) >= 11 is 5.73. The maximum atomic E-state index is 12.0. The van der Waals surface area contributed by atoms with E-state index >= 15 is 0 Å². The Labute approximate surface area is 114 Å². The number of hydrogen-bond acceptors (Lipinski definition) is 4. The van der Waals surface area contributed by atoms with E-state index in [0.29, 0.717) is 11.3 Å². The molecule has 1 heterocycles. The number of rotatable bonds is 2. The van der Waals surface area contributed by atoms with Crippen LogP contribution in [-0.4, -0.2) is 10.9 Å². The Kier molecular flexibility index (Phi) is 3.64. The molecule has 0 radical (unpaired) electrons. The summed E-state index contributed by atoms with van der Waals surface area (Å²) in [6.45, 7) is 0. The zero-order valence-corrected chi connectivity index (χ0v) is 10.5. The van der Waals surface area contributed by atoms with Crippen LogP contribution in [0.3, 0.4) is 0 Å². The molecule has 5 nitrogen and oxygen atoms in total. The molecule has 3 N–H and O–H groups in total. The lowest BCUT2D eigenvalue weighted by Gasteiger charge is -2.07.